The minimum Gasteiger partial charge on any atom is -0.454 e. The predicted molar refractivity (Wildman–Crippen MR) is 130 cm³/mol. The lowest BCUT2D eigenvalue weighted by atomic mass is 10.0. The number of nitrogens with zero attached hydrogens (tertiary/aromatic N) is 4. The number of amides is 1. The number of hydrogen-bond donors (Lipinski definition) is 0. The van der Waals surface area contributed by atoms with Gasteiger partial charge in [-0.05, 0) is 46.7 Å². The summed E-state index contributed by atoms with van der Waals surface area (Å²) in [7, 11) is 0. The summed E-state index contributed by atoms with van der Waals surface area (Å²) in [6.45, 7) is 3.07. The van der Waals surface area contributed by atoms with Gasteiger partial charge in [0.1, 0.15) is 0 Å². The largest absolute Gasteiger partial charge is 0.454 e. The van der Waals surface area contributed by atoms with Gasteiger partial charge in [-0.2, -0.15) is 0 Å². The summed E-state index contributed by atoms with van der Waals surface area (Å²) in [4.78, 5) is 17.1. The normalized spacial score (nSPS) is 15.1. The Morgan fingerprint density at radius 3 is 2.50 bits per heavy atom. The van der Waals surface area contributed by atoms with Crippen LogP contribution in [0.25, 0.3) is 22.0 Å². The quantitative estimate of drug-likeness (QED) is 0.468. The second-order valence-corrected chi connectivity index (χ2v) is 8.53. The van der Waals surface area contributed by atoms with E-state index in [1.54, 1.807) is 0 Å². The average Bonchev–Trinajstić information content (AvgIpc) is 3.37. The van der Waals surface area contributed by atoms with E-state index in [4.69, 9.17) is 9.47 Å². The Kier molecular flexibility index (Phi) is 5.22. The van der Waals surface area contributed by atoms with Gasteiger partial charge >= 0.3 is 0 Å². The molecule has 4 aromatic rings. The molecule has 0 atom stereocenters. The number of anilines is 1. The summed E-state index contributed by atoms with van der Waals surface area (Å²) in [5.41, 5.74) is 2.80. The molecule has 0 unspecified atom stereocenters. The van der Waals surface area contributed by atoms with Crippen molar-refractivity contribution in [1.82, 2.24) is 15.1 Å². The number of hydrogen-bond acceptors (Lipinski definition) is 6. The lowest BCUT2D eigenvalue weighted by molar-refractivity contribution is -0.130. The molecule has 3 aromatic carbocycles. The van der Waals surface area contributed by atoms with Crippen LogP contribution in [0.2, 0.25) is 0 Å². The monoisotopic (exact) mass is 452 g/mol. The zero-order valence-electron chi connectivity index (χ0n) is 18.7. The van der Waals surface area contributed by atoms with E-state index < -0.39 is 0 Å². The van der Waals surface area contributed by atoms with Crippen LogP contribution in [0.3, 0.4) is 0 Å². The summed E-state index contributed by atoms with van der Waals surface area (Å²) in [6, 6.07) is 24.1. The standard InChI is InChI=1S/C27H24N4O3/c32-27(17-20-6-3-5-19-4-1-2-7-22(19)20)31-14-12-30(13-15-31)26-11-9-23(28-29-26)21-8-10-24-25(16-21)34-18-33-24/h1-11,16H,12-15,17-18H2. The summed E-state index contributed by atoms with van der Waals surface area (Å²) in [5, 5.41) is 11.2. The van der Waals surface area contributed by atoms with E-state index >= 15 is 0 Å². The van der Waals surface area contributed by atoms with E-state index in [9.17, 15) is 4.79 Å². The number of rotatable bonds is 4. The maximum atomic E-state index is 13.0. The Morgan fingerprint density at radius 2 is 1.65 bits per heavy atom. The molecule has 1 amide bonds. The first kappa shape index (κ1) is 20.5. The number of aromatic nitrogens is 2. The molecule has 1 saturated heterocycles. The molecule has 7 heteroatoms. The highest BCUT2D eigenvalue weighted by atomic mass is 16.7. The molecule has 2 aliphatic rings. The molecule has 0 N–H and O–H groups in total. The van der Waals surface area contributed by atoms with Crippen molar-refractivity contribution in [1.29, 1.82) is 0 Å². The molecule has 0 bridgehead atoms. The smallest absolute Gasteiger partial charge is 0.231 e. The minimum atomic E-state index is 0.167. The van der Waals surface area contributed by atoms with Crippen molar-refractivity contribution >= 4 is 22.5 Å². The molecule has 1 fully saturated rings. The Hall–Kier alpha value is -4.13. The van der Waals surface area contributed by atoms with E-state index in [1.807, 2.05) is 59.5 Å². The molecule has 1 aromatic heterocycles. The molecule has 0 radical (unpaired) electrons. The Bertz CT molecular complexity index is 1340. The van der Waals surface area contributed by atoms with Crippen molar-refractivity contribution in [3.05, 3.63) is 78.4 Å². The van der Waals surface area contributed by atoms with E-state index in [-0.39, 0.29) is 12.7 Å². The van der Waals surface area contributed by atoms with Crippen LogP contribution in [0.1, 0.15) is 5.56 Å². The number of benzene rings is 3. The van der Waals surface area contributed by atoms with Gasteiger partial charge in [0.2, 0.25) is 12.7 Å². The Labute approximate surface area is 197 Å². The summed E-state index contributed by atoms with van der Waals surface area (Å²) in [5.74, 6) is 2.47. The van der Waals surface area contributed by atoms with E-state index in [0.717, 1.165) is 52.6 Å². The van der Waals surface area contributed by atoms with Crippen molar-refractivity contribution < 1.29 is 14.3 Å². The SMILES string of the molecule is O=C(Cc1cccc2ccccc12)N1CCN(c2ccc(-c3ccc4c(c3)OCO4)nn2)CC1. The van der Waals surface area contributed by atoms with Gasteiger partial charge in [-0.25, -0.2) is 0 Å². The number of carbonyl (C=O) groups is 1. The van der Waals surface area contributed by atoms with Crippen LogP contribution < -0.4 is 14.4 Å². The molecule has 170 valence electrons. The minimum absolute atomic E-state index is 0.167. The molecular formula is C27H24N4O3. The number of carbonyl (C=O) groups excluding carboxylic acids is 1. The zero-order valence-corrected chi connectivity index (χ0v) is 18.7. The van der Waals surface area contributed by atoms with Gasteiger partial charge in [-0.15, -0.1) is 10.2 Å². The fourth-order valence-corrected chi connectivity index (χ4v) is 4.61. The maximum Gasteiger partial charge on any atom is 0.231 e. The number of ether oxygens (including phenoxy) is 2. The Balaban J connectivity index is 1.09. The molecule has 0 aliphatic carbocycles. The van der Waals surface area contributed by atoms with Crippen LogP contribution in [0.4, 0.5) is 5.82 Å². The summed E-state index contributed by atoms with van der Waals surface area (Å²) >= 11 is 0. The lowest BCUT2D eigenvalue weighted by Crippen LogP contribution is -2.49. The van der Waals surface area contributed by atoms with Crippen LogP contribution in [0, 0.1) is 0 Å². The van der Waals surface area contributed by atoms with Crippen molar-refractivity contribution in [3.8, 4) is 22.8 Å². The lowest BCUT2D eigenvalue weighted by Gasteiger charge is -2.35. The average molecular weight is 453 g/mol. The molecule has 0 saturated carbocycles. The van der Waals surface area contributed by atoms with Gasteiger partial charge in [0.15, 0.2) is 17.3 Å². The van der Waals surface area contributed by atoms with Gasteiger partial charge in [0.25, 0.3) is 0 Å². The van der Waals surface area contributed by atoms with Crippen molar-refractivity contribution in [2.24, 2.45) is 0 Å². The highest BCUT2D eigenvalue weighted by molar-refractivity contribution is 5.90. The molecule has 2 aliphatic heterocycles. The van der Waals surface area contributed by atoms with Gasteiger partial charge in [-0.3, -0.25) is 4.79 Å². The van der Waals surface area contributed by atoms with E-state index in [0.29, 0.717) is 19.5 Å². The molecule has 7 nitrogen and oxygen atoms in total. The molecule has 3 heterocycles. The van der Waals surface area contributed by atoms with Gasteiger partial charge in [0, 0.05) is 31.7 Å². The van der Waals surface area contributed by atoms with Crippen LogP contribution in [0.15, 0.2) is 72.8 Å². The third-order valence-corrected chi connectivity index (χ3v) is 6.50. The van der Waals surface area contributed by atoms with Crippen molar-refractivity contribution in [3.63, 3.8) is 0 Å². The molecule has 0 spiro atoms. The van der Waals surface area contributed by atoms with E-state index in [2.05, 4.69) is 33.3 Å². The highest BCUT2D eigenvalue weighted by Crippen LogP contribution is 2.35. The first-order chi connectivity index (χ1) is 16.7. The molecule has 6 rings (SSSR count). The summed E-state index contributed by atoms with van der Waals surface area (Å²) < 4.78 is 10.8. The van der Waals surface area contributed by atoms with Crippen molar-refractivity contribution in [2.45, 2.75) is 6.42 Å². The Morgan fingerprint density at radius 1 is 0.824 bits per heavy atom. The fourth-order valence-electron chi connectivity index (χ4n) is 4.61. The first-order valence-corrected chi connectivity index (χ1v) is 11.5. The van der Waals surface area contributed by atoms with Gasteiger partial charge < -0.3 is 19.3 Å². The first-order valence-electron chi connectivity index (χ1n) is 11.5. The predicted octanol–water partition coefficient (Wildman–Crippen LogP) is 3.92. The maximum absolute atomic E-state index is 13.0. The van der Waals surface area contributed by atoms with Crippen LogP contribution >= 0.6 is 0 Å². The third kappa shape index (κ3) is 3.90. The summed E-state index contributed by atoms with van der Waals surface area (Å²) in [6.07, 6.45) is 0.422. The number of piperazine rings is 1. The highest BCUT2D eigenvalue weighted by Gasteiger charge is 2.23. The van der Waals surface area contributed by atoms with E-state index in [1.165, 1.54) is 5.39 Å². The van der Waals surface area contributed by atoms with Gasteiger partial charge in [0.05, 0.1) is 12.1 Å². The van der Waals surface area contributed by atoms with Crippen molar-refractivity contribution in [2.75, 3.05) is 37.9 Å². The second-order valence-electron chi connectivity index (χ2n) is 8.53. The van der Waals surface area contributed by atoms with Gasteiger partial charge in [-0.1, -0.05) is 42.5 Å². The topological polar surface area (TPSA) is 67.8 Å². The second kappa shape index (κ2) is 8.67. The zero-order chi connectivity index (χ0) is 22.9. The molecule has 34 heavy (non-hydrogen) atoms. The number of fused-ring (bicyclic) bond motifs is 2. The van der Waals surface area contributed by atoms with Crippen LogP contribution in [-0.4, -0.2) is 54.0 Å². The van der Waals surface area contributed by atoms with Crippen LogP contribution in [0.5, 0.6) is 11.5 Å². The third-order valence-electron chi connectivity index (χ3n) is 6.50. The fraction of sp³-hybridized carbons (Fsp3) is 0.222. The van der Waals surface area contributed by atoms with Crippen LogP contribution in [-0.2, 0) is 11.2 Å². The molecular weight excluding hydrogens is 428 g/mol.